The number of halogens is 6. The predicted molar refractivity (Wildman–Crippen MR) is 50.7 cm³/mol. The summed E-state index contributed by atoms with van der Waals surface area (Å²) in [6, 6.07) is 0. The van der Waals surface area contributed by atoms with E-state index in [0.29, 0.717) is 10.5 Å². The van der Waals surface area contributed by atoms with Gasteiger partial charge in [-0.05, 0) is 0 Å². The van der Waals surface area contributed by atoms with E-state index in [1.165, 1.54) is 12.4 Å². The van der Waals surface area contributed by atoms with Crippen LogP contribution in [0.25, 0.3) is 0 Å². The van der Waals surface area contributed by atoms with Gasteiger partial charge in [0.2, 0.25) is 11.8 Å². The van der Waals surface area contributed by atoms with Crippen molar-refractivity contribution in [1.29, 1.82) is 0 Å². The Kier molecular flexibility index (Phi) is 4.11. The zero-order valence-electron chi connectivity index (χ0n) is 9.51. The molecule has 0 saturated carbocycles. The van der Waals surface area contributed by atoms with E-state index >= 15 is 0 Å². The molecule has 0 aliphatic carbocycles. The lowest BCUT2D eigenvalue weighted by molar-refractivity contribution is -0.277. The Morgan fingerprint density at radius 3 is 2.21 bits per heavy atom. The van der Waals surface area contributed by atoms with Gasteiger partial charge in [-0.25, -0.2) is 0 Å². The number of hydrogen-bond donors (Lipinski definition) is 1. The van der Waals surface area contributed by atoms with E-state index in [1.807, 2.05) is 0 Å². The normalized spacial score (nSPS) is 12.8. The Hall–Kier alpha value is -1.74. The SMILES string of the molecule is CN(Cc1cn[nH]c1)C(=O)C(C(F)(F)F)C(F)(F)F. The Labute approximate surface area is 103 Å². The molecule has 19 heavy (non-hydrogen) atoms. The standard InChI is InChI=1S/C9H9F6N3O/c1-18(4-5-2-16-17-3-5)7(19)6(8(10,11)12)9(13,14)15/h2-3,6H,4H2,1H3,(H,16,17). The largest absolute Gasteiger partial charge is 0.409 e. The Morgan fingerprint density at radius 1 is 1.32 bits per heavy atom. The van der Waals surface area contributed by atoms with Gasteiger partial charge >= 0.3 is 12.4 Å². The topological polar surface area (TPSA) is 49.0 Å². The number of amides is 1. The summed E-state index contributed by atoms with van der Waals surface area (Å²) < 4.78 is 73.9. The second-order valence-electron chi connectivity index (χ2n) is 3.82. The molecule has 0 spiro atoms. The van der Waals surface area contributed by atoms with E-state index in [4.69, 9.17) is 0 Å². The van der Waals surface area contributed by atoms with Gasteiger partial charge in [0.15, 0.2) is 0 Å². The van der Waals surface area contributed by atoms with Crippen molar-refractivity contribution in [3.63, 3.8) is 0 Å². The molecule has 0 aromatic carbocycles. The molecule has 1 N–H and O–H groups in total. The zero-order valence-corrected chi connectivity index (χ0v) is 9.51. The van der Waals surface area contributed by atoms with Gasteiger partial charge in [-0.1, -0.05) is 0 Å². The minimum Gasteiger partial charge on any atom is -0.340 e. The highest BCUT2D eigenvalue weighted by atomic mass is 19.4. The fourth-order valence-electron chi connectivity index (χ4n) is 1.40. The maximum atomic E-state index is 12.3. The lowest BCUT2D eigenvalue weighted by Crippen LogP contribution is -2.48. The molecular formula is C9H9F6N3O. The van der Waals surface area contributed by atoms with Gasteiger partial charge in [0.1, 0.15) is 0 Å². The number of nitrogens with zero attached hydrogens (tertiary/aromatic N) is 2. The van der Waals surface area contributed by atoms with Crippen LogP contribution in [-0.4, -0.2) is 40.4 Å². The molecule has 0 aliphatic heterocycles. The van der Waals surface area contributed by atoms with Gasteiger partial charge in [0.25, 0.3) is 0 Å². The zero-order chi connectivity index (χ0) is 14.8. The van der Waals surface area contributed by atoms with E-state index < -0.39 is 30.7 Å². The van der Waals surface area contributed by atoms with Crippen LogP contribution in [0.15, 0.2) is 12.4 Å². The van der Waals surface area contributed by atoms with E-state index in [2.05, 4.69) is 10.2 Å². The average Bonchev–Trinajstić information content (AvgIpc) is 2.65. The molecule has 1 heterocycles. The number of nitrogens with one attached hydrogen (secondary N) is 1. The third-order valence-electron chi connectivity index (χ3n) is 2.25. The maximum Gasteiger partial charge on any atom is 0.409 e. The van der Waals surface area contributed by atoms with Gasteiger partial charge in [0.05, 0.1) is 6.20 Å². The van der Waals surface area contributed by atoms with Gasteiger partial charge < -0.3 is 4.90 Å². The van der Waals surface area contributed by atoms with Crippen molar-refractivity contribution >= 4 is 5.91 Å². The molecule has 0 bridgehead atoms. The number of H-pyrrole nitrogens is 1. The molecule has 0 radical (unpaired) electrons. The lowest BCUT2D eigenvalue weighted by Gasteiger charge is -2.26. The van der Waals surface area contributed by atoms with Crippen LogP contribution in [0.5, 0.6) is 0 Å². The molecule has 0 aliphatic rings. The molecule has 4 nitrogen and oxygen atoms in total. The van der Waals surface area contributed by atoms with E-state index in [9.17, 15) is 31.1 Å². The number of rotatable bonds is 3. The van der Waals surface area contributed by atoms with Crippen molar-refractivity contribution in [2.45, 2.75) is 18.9 Å². The fourth-order valence-corrected chi connectivity index (χ4v) is 1.40. The minimum absolute atomic E-state index is 0.291. The van der Waals surface area contributed by atoms with Crippen LogP contribution in [0.4, 0.5) is 26.3 Å². The first-order valence-electron chi connectivity index (χ1n) is 4.89. The van der Waals surface area contributed by atoms with Crippen molar-refractivity contribution in [2.75, 3.05) is 7.05 Å². The molecule has 1 aromatic heterocycles. The van der Waals surface area contributed by atoms with Crippen LogP contribution >= 0.6 is 0 Å². The number of aromatic nitrogens is 2. The molecule has 108 valence electrons. The second-order valence-corrected chi connectivity index (χ2v) is 3.82. The first kappa shape index (κ1) is 15.3. The first-order chi connectivity index (χ1) is 8.53. The quantitative estimate of drug-likeness (QED) is 0.866. The van der Waals surface area contributed by atoms with Crippen molar-refractivity contribution in [3.05, 3.63) is 18.0 Å². The van der Waals surface area contributed by atoms with Crippen LogP contribution < -0.4 is 0 Å². The lowest BCUT2D eigenvalue weighted by atomic mass is 10.1. The average molecular weight is 289 g/mol. The molecule has 0 atom stereocenters. The third kappa shape index (κ3) is 3.86. The van der Waals surface area contributed by atoms with Gasteiger partial charge in [-0.3, -0.25) is 9.89 Å². The summed E-state index contributed by atoms with van der Waals surface area (Å²) in [7, 11) is 0.861. The Balaban J connectivity index is 2.88. The summed E-state index contributed by atoms with van der Waals surface area (Å²) in [4.78, 5) is 11.7. The number of alkyl halides is 6. The minimum atomic E-state index is -5.68. The van der Waals surface area contributed by atoms with Crippen LogP contribution in [0.3, 0.4) is 0 Å². The molecule has 0 fully saturated rings. The molecule has 1 aromatic rings. The van der Waals surface area contributed by atoms with E-state index in [1.54, 1.807) is 0 Å². The first-order valence-corrected chi connectivity index (χ1v) is 4.89. The molecule has 0 unspecified atom stereocenters. The van der Waals surface area contributed by atoms with Gasteiger partial charge in [-0.2, -0.15) is 31.4 Å². The van der Waals surface area contributed by atoms with E-state index in [-0.39, 0.29) is 0 Å². The molecule has 0 saturated heterocycles. The van der Waals surface area contributed by atoms with Crippen molar-refractivity contribution in [1.82, 2.24) is 15.1 Å². The van der Waals surface area contributed by atoms with Crippen molar-refractivity contribution < 1.29 is 31.1 Å². The highest BCUT2D eigenvalue weighted by molar-refractivity contribution is 5.80. The van der Waals surface area contributed by atoms with Crippen LogP contribution in [0.1, 0.15) is 5.56 Å². The summed E-state index contributed by atoms with van der Waals surface area (Å²) in [5, 5.41) is 5.80. The van der Waals surface area contributed by atoms with Gasteiger partial charge in [0, 0.05) is 25.4 Å². The second kappa shape index (κ2) is 5.10. The summed E-state index contributed by atoms with van der Waals surface area (Å²) in [5.41, 5.74) is 0.291. The monoisotopic (exact) mass is 289 g/mol. The maximum absolute atomic E-state index is 12.3. The summed E-state index contributed by atoms with van der Waals surface area (Å²) >= 11 is 0. The third-order valence-corrected chi connectivity index (χ3v) is 2.25. The smallest absolute Gasteiger partial charge is 0.340 e. The van der Waals surface area contributed by atoms with Crippen molar-refractivity contribution in [2.24, 2.45) is 5.92 Å². The van der Waals surface area contributed by atoms with Gasteiger partial charge in [-0.15, -0.1) is 0 Å². The van der Waals surface area contributed by atoms with Crippen molar-refractivity contribution in [3.8, 4) is 0 Å². The number of aromatic amines is 1. The summed E-state index contributed by atoms with van der Waals surface area (Å²) in [5.74, 6) is -6.07. The number of carbonyl (C=O) groups excluding carboxylic acids is 1. The summed E-state index contributed by atoms with van der Waals surface area (Å²) in [6.07, 6.45) is -8.90. The predicted octanol–water partition coefficient (Wildman–Crippen LogP) is 2.11. The van der Waals surface area contributed by atoms with Crippen LogP contribution in [0.2, 0.25) is 0 Å². The fraction of sp³-hybridized carbons (Fsp3) is 0.556. The number of hydrogen-bond acceptors (Lipinski definition) is 2. The molecule has 1 rings (SSSR count). The Morgan fingerprint density at radius 2 is 1.84 bits per heavy atom. The van der Waals surface area contributed by atoms with E-state index in [0.717, 1.165) is 7.05 Å². The Bertz CT molecular complexity index is 410. The number of carbonyl (C=O) groups is 1. The summed E-state index contributed by atoms with van der Waals surface area (Å²) in [6.45, 7) is -0.405. The van der Waals surface area contributed by atoms with Crippen LogP contribution in [0, 0.1) is 5.92 Å². The van der Waals surface area contributed by atoms with Crippen LogP contribution in [-0.2, 0) is 11.3 Å². The highest BCUT2D eigenvalue weighted by Gasteiger charge is 2.61. The molecule has 10 heteroatoms. The molecular weight excluding hydrogens is 280 g/mol. The molecule has 1 amide bonds. The highest BCUT2D eigenvalue weighted by Crippen LogP contribution is 2.40.